The predicted octanol–water partition coefficient (Wildman–Crippen LogP) is 2.18. The zero-order valence-corrected chi connectivity index (χ0v) is 13.5. The van der Waals surface area contributed by atoms with E-state index in [1.807, 2.05) is 74.4 Å². The van der Waals surface area contributed by atoms with Crippen LogP contribution >= 0.6 is 0 Å². The van der Waals surface area contributed by atoms with Crippen molar-refractivity contribution in [1.82, 2.24) is 10.7 Å². The fourth-order valence-corrected chi connectivity index (χ4v) is 2.44. The molecule has 5 heteroatoms. The van der Waals surface area contributed by atoms with Crippen molar-refractivity contribution in [3.05, 3.63) is 65.2 Å². The first-order chi connectivity index (χ1) is 11.0. The van der Waals surface area contributed by atoms with E-state index >= 15 is 0 Å². The van der Waals surface area contributed by atoms with Crippen LogP contribution in [0.3, 0.4) is 0 Å². The maximum absolute atomic E-state index is 12.4. The van der Waals surface area contributed by atoms with Crippen LogP contribution < -0.4 is 15.6 Å². The Labute approximate surface area is 136 Å². The number of carbonyl (C=O) groups is 1. The van der Waals surface area contributed by atoms with Gasteiger partial charge in [-0.15, -0.1) is 0 Å². The molecular formula is C18H20N4O. The van der Waals surface area contributed by atoms with Crippen molar-refractivity contribution in [2.45, 2.75) is 13.0 Å². The van der Waals surface area contributed by atoms with Crippen LogP contribution in [-0.4, -0.2) is 25.8 Å². The molecule has 2 N–H and O–H groups in total. The Morgan fingerprint density at radius 3 is 2.22 bits per heavy atom. The van der Waals surface area contributed by atoms with Gasteiger partial charge in [0, 0.05) is 25.3 Å². The molecule has 5 nitrogen and oxygen atoms in total. The molecule has 118 valence electrons. The van der Waals surface area contributed by atoms with E-state index in [2.05, 4.69) is 15.8 Å². The number of benzene rings is 2. The quantitative estimate of drug-likeness (QED) is 0.914. The average molecular weight is 308 g/mol. The Kier molecular flexibility index (Phi) is 4.02. The van der Waals surface area contributed by atoms with Gasteiger partial charge in [0.15, 0.2) is 5.84 Å². The smallest absolute Gasteiger partial charge is 0.254 e. The highest BCUT2D eigenvalue weighted by Crippen LogP contribution is 2.20. The summed E-state index contributed by atoms with van der Waals surface area (Å²) in [5.41, 5.74) is 7.00. The monoisotopic (exact) mass is 308 g/mol. The number of hydrazone groups is 1. The Morgan fingerprint density at radius 2 is 1.65 bits per heavy atom. The molecule has 0 saturated carbocycles. The van der Waals surface area contributed by atoms with E-state index < -0.39 is 6.04 Å². The number of rotatable bonds is 3. The topological polar surface area (TPSA) is 56.7 Å². The lowest BCUT2D eigenvalue weighted by atomic mass is 10.0. The zero-order valence-electron chi connectivity index (χ0n) is 13.5. The molecule has 1 atom stereocenters. The lowest BCUT2D eigenvalue weighted by Crippen LogP contribution is -2.45. The van der Waals surface area contributed by atoms with Crippen molar-refractivity contribution in [1.29, 1.82) is 0 Å². The van der Waals surface area contributed by atoms with Crippen LogP contribution in [0.1, 0.15) is 22.7 Å². The molecule has 0 saturated heterocycles. The molecule has 1 heterocycles. The van der Waals surface area contributed by atoms with Gasteiger partial charge in [-0.2, -0.15) is 5.10 Å². The van der Waals surface area contributed by atoms with Gasteiger partial charge in [-0.05, 0) is 24.6 Å². The summed E-state index contributed by atoms with van der Waals surface area (Å²) in [6.45, 7) is 2.02. The van der Waals surface area contributed by atoms with Gasteiger partial charge < -0.3 is 10.2 Å². The molecule has 1 aliphatic heterocycles. The number of hydrogen-bond acceptors (Lipinski definition) is 4. The second-order valence-electron chi connectivity index (χ2n) is 5.86. The largest absolute Gasteiger partial charge is 0.378 e. The summed E-state index contributed by atoms with van der Waals surface area (Å²) in [4.78, 5) is 14.4. The van der Waals surface area contributed by atoms with Crippen molar-refractivity contribution in [3.8, 4) is 0 Å². The van der Waals surface area contributed by atoms with Crippen LogP contribution in [0.15, 0.2) is 53.6 Å². The minimum Gasteiger partial charge on any atom is -0.378 e. The summed E-state index contributed by atoms with van der Waals surface area (Å²) in [5.74, 6) is 0.448. The van der Waals surface area contributed by atoms with Gasteiger partial charge in [-0.25, -0.2) is 0 Å². The lowest BCUT2D eigenvalue weighted by molar-refractivity contribution is -0.122. The van der Waals surface area contributed by atoms with Crippen molar-refractivity contribution in [3.63, 3.8) is 0 Å². The van der Waals surface area contributed by atoms with Crippen molar-refractivity contribution in [2.24, 2.45) is 5.10 Å². The van der Waals surface area contributed by atoms with E-state index in [9.17, 15) is 4.79 Å². The molecule has 0 aromatic heterocycles. The van der Waals surface area contributed by atoms with Crippen LogP contribution in [0.4, 0.5) is 5.69 Å². The van der Waals surface area contributed by atoms with Gasteiger partial charge in [-0.3, -0.25) is 10.2 Å². The van der Waals surface area contributed by atoms with E-state index in [4.69, 9.17) is 0 Å². The normalized spacial score (nSPS) is 17.1. The Hall–Kier alpha value is -2.82. The molecule has 1 amide bonds. The highest BCUT2D eigenvalue weighted by Gasteiger charge is 2.25. The molecule has 23 heavy (non-hydrogen) atoms. The SMILES string of the molecule is Cc1ccc(C2=NNC(c3ccc(N(C)C)cc3)C(=O)N2)cc1. The molecule has 1 unspecified atom stereocenters. The second kappa shape index (κ2) is 6.12. The highest BCUT2D eigenvalue weighted by molar-refractivity contribution is 6.10. The lowest BCUT2D eigenvalue weighted by Gasteiger charge is -2.23. The number of aryl methyl sites for hydroxylation is 1. The molecule has 3 rings (SSSR count). The van der Waals surface area contributed by atoms with E-state index in [1.54, 1.807) is 0 Å². The van der Waals surface area contributed by atoms with Crippen molar-refractivity contribution in [2.75, 3.05) is 19.0 Å². The third-order valence-electron chi connectivity index (χ3n) is 3.88. The zero-order chi connectivity index (χ0) is 16.4. The first kappa shape index (κ1) is 15.1. The second-order valence-corrected chi connectivity index (χ2v) is 5.86. The number of hydrogen-bond donors (Lipinski definition) is 2. The minimum atomic E-state index is -0.472. The molecular weight excluding hydrogens is 288 g/mol. The van der Waals surface area contributed by atoms with E-state index in [-0.39, 0.29) is 5.91 Å². The van der Waals surface area contributed by atoms with Crippen LogP contribution in [0.5, 0.6) is 0 Å². The summed E-state index contributed by atoms with van der Waals surface area (Å²) in [6.07, 6.45) is 0. The van der Waals surface area contributed by atoms with Gasteiger partial charge in [0.05, 0.1) is 0 Å². The van der Waals surface area contributed by atoms with Gasteiger partial charge in [0.2, 0.25) is 0 Å². The molecule has 0 radical (unpaired) electrons. The van der Waals surface area contributed by atoms with Gasteiger partial charge in [0.1, 0.15) is 6.04 Å². The average Bonchev–Trinajstić information content (AvgIpc) is 2.55. The van der Waals surface area contributed by atoms with Crippen molar-refractivity contribution < 1.29 is 4.79 Å². The maximum Gasteiger partial charge on any atom is 0.254 e. The van der Waals surface area contributed by atoms with Gasteiger partial charge in [-0.1, -0.05) is 42.0 Å². The number of nitrogens with zero attached hydrogens (tertiary/aromatic N) is 2. The molecule has 2 aromatic rings. The molecule has 1 aliphatic rings. The third-order valence-corrected chi connectivity index (χ3v) is 3.88. The first-order valence-corrected chi connectivity index (χ1v) is 7.53. The standard InChI is InChI=1S/C18H20N4O/c1-12-4-6-14(7-5-12)17-19-18(23)16(20-21-17)13-8-10-15(11-9-13)22(2)3/h4-11,16,20H,1-3H3,(H,19,21,23). The number of anilines is 1. The highest BCUT2D eigenvalue weighted by atomic mass is 16.2. The van der Waals surface area contributed by atoms with Gasteiger partial charge in [0.25, 0.3) is 5.91 Å². The number of amidine groups is 1. The van der Waals surface area contributed by atoms with Crippen LogP contribution in [0, 0.1) is 6.92 Å². The van der Waals surface area contributed by atoms with Crippen LogP contribution in [-0.2, 0) is 4.79 Å². The van der Waals surface area contributed by atoms with Crippen LogP contribution in [0.2, 0.25) is 0 Å². The fourth-order valence-electron chi connectivity index (χ4n) is 2.44. The summed E-state index contributed by atoms with van der Waals surface area (Å²) in [6, 6.07) is 15.3. The molecule has 0 fully saturated rings. The summed E-state index contributed by atoms with van der Waals surface area (Å²) in [7, 11) is 3.97. The van der Waals surface area contributed by atoms with Crippen molar-refractivity contribution >= 4 is 17.4 Å². The first-order valence-electron chi connectivity index (χ1n) is 7.53. The number of amides is 1. The minimum absolute atomic E-state index is 0.104. The maximum atomic E-state index is 12.4. The van der Waals surface area contributed by atoms with E-state index in [0.717, 1.165) is 16.8 Å². The summed E-state index contributed by atoms with van der Waals surface area (Å²) >= 11 is 0. The molecule has 2 aromatic carbocycles. The molecule has 0 spiro atoms. The Bertz CT molecular complexity index is 733. The van der Waals surface area contributed by atoms with E-state index in [1.165, 1.54) is 5.56 Å². The number of nitrogens with one attached hydrogen (secondary N) is 2. The van der Waals surface area contributed by atoms with Crippen LogP contribution in [0.25, 0.3) is 0 Å². The molecule has 0 bridgehead atoms. The van der Waals surface area contributed by atoms with Gasteiger partial charge >= 0.3 is 0 Å². The summed E-state index contributed by atoms with van der Waals surface area (Å²) < 4.78 is 0. The third kappa shape index (κ3) is 3.18. The number of carbonyl (C=O) groups excluding carboxylic acids is 1. The summed E-state index contributed by atoms with van der Waals surface area (Å²) in [5, 5.41) is 7.20. The molecule has 0 aliphatic carbocycles. The Balaban J connectivity index is 1.79. The Morgan fingerprint density at radius 1 is 1.00 bits per heavy atom. The fraction of sp³-hybridized carbons (Fsp3) is 0.222. The predicted molar refractivity (Wildman–Crippen MR) is 92.5 cm³/mol. The van der Waals surface area contributed by atoms with E-state index in [0.29, 0.717) is 5.84 Å².